The zero-order valence-corrected chi connectivity index (χ0v) is 14.6. The number of aromatic nitrogens is 4. The van der Waals surface area contributed by atoms with Gasteiger partial charge in [0, 0.05) is 39.7 Å². The highest BCUT2D eigenvalue weighted by Gasteiger charge is 2.32. The third-order valence-electron chi connectivity index (χ3n) is 4.85. The molecule has 1 aromatic carbocycles. The van der Waals surface area contributed by atoms with Crippen LogP contribution in [0, 0.1) is 0 Å². The molecule has 3 heterocycles. The van der Waals surface area contributed by atoms with Crippen LogP contribution in [0.2, 0.25) is 0 Å². The van der Waals surface area contributed by atoms with Crippen molar-refractivity contribution in [1.29, 1.82) is 0 Å². The van der Waals surface area contributed by atoms with E-state index in [1.54, 1.807) is 11.8 Å². The van der Waals surface area contributed by atoms with Crippen LogP contribution in [0.3, 0.4) is 0 Å². The van der Waals surface area contributed by atoms with Crippen LogP contribution in [0.4, 0.5) is 5.95 Å². The molecular weight excluding hydrogens is 334 g/mol. The number of ether oxygens (including phenoxy) is 2. The number of aromatic amines is 1. The summed E-state index contributed by atoms with van der Waals surface area (Å²) in [6.07, 6.45) is 3.13. The predicted molar refractivity (Wildman–Crippen MR) is 97.8 cm³/mol. The lowest BCUT2D eigenvalue weighted by molar-refractivity contribution is -0.0807. The number of fused-ring (bicyclic) bond motifs is 1. The first-order chi connectivity index (χ1) is 12.7. The molecular formula is C18H21N5O3. The summed E-state index contributed by atoms with van der Waals surface area (Å²) < 4.78 is 12.8. The van der Waals surface area contributed by atoms with Crippen LogP contribution >= 0.6 is 0 Å². The van der Waals surface area contributed by atoms with Crippen molar-refractivity contribution >= 4 is 17.0 Å². The van der Waals surface area contributed by atoms with E-state index in [9.17, 15) is 4.79 Å². The number of hydrogen-bond donors (Lipinski definition) is 2. The Bertz CT molecular complexity index is 944. The largest absolute Gasteiger partial charge is 0.381 e. The van der Waals surface area contributed by atoms with Crippen LogP contribution in [0.15, 0.2) is 41.3 Å². The van der Waals surface area contributed by atoms with Crippen LogP contribution in [-0.2, 0) is 9.47 Å². The number of H-pyrrole nitrogens is 1. The Morgan fingerprint density at radius 1 is 1.31 bits per heavy atom. The summed E-state index contributed by atoms with van der Waals surface area (Å²) in [5, 5.41) is 7.98. The number of rotatable bonds is 5. The maximum atomic E-state index is 12.4. The summed E-state index contributed by atoms with van der Waals surface area (Å²) in [6, 6.07) is 9.61. The van der Waals surface area contributed by atoms with Gasteiger partial charge in [-0.25, -0.2) is 4.68 Å². The summed E-state index contributed by atoms with van der Waals surface area (Å²) in [4.78, 5) is 19.8. The summed E-state index contributed by atoms with van der Waals surface area (Å²) in [6.45, 7) is 1.87. The Morgan fingerprint density at radius 2 is 2.08 bits per heavy atom. The van der Waals surface area contributed by atoms with Crippen LogP contribution < -0.4 is 10.9 Å². The quantitative estimate of drug-likeness (QED) is 0.724. The zero-order valence-electron chi connectivity index (χ0n) is 14.6. The number of nitrogens with one attached hydrogen (secondary N) is 2. The number of nitrogens with zero attached hydrogens (tertiary/aromatic N) is 3. The minimum absolute atomic E-state index is 0.224. The van der Waals surface area contributed by atoms with Gasteiger partial charge in [0.05, 0.1) is 17.5 Å². The fraction of sp³-hybridized carbons (Fsp3) is 0.389. The standard InChI is InChI=1S/C18H21N5O3/c1-25-18(7-9-26-10-8-18)12-19-17-21-15-14(16(24)22-17)11-20-23(15)13-5-3-2-4-6-13/h2-6,11H,7-10,12H2,1H3,(H2,19,21,22,24). The second-order valence-corrected chi connectivity index (χ2v) is 6.40. The van der Waals surface area contributed by atoms with E-state index in [2.05, 4.69) is 20.4 Å². The van der Waals surface area contributed by atoms with E-state index in [-0.39, 0.29) is 11.2 Å². The summed E-state index contributed by atoms with van der Waals surface area (Å²) >= 11 is 0. The van der Waals surface area contributed by atoms with Gasteiger partial charge in [-0.3, -0.25) is 9.78 Å². The van der Waals surface area contributed by atoms with E-state index in [1.165, 1.54) is 6.20 Å². The topological polar surface area (TPSA) is 94.1 Å². The molecule has 4 rings (SSSR count). The van der Waals surface area contributed by atoms with Crippen LogP contribution in [0.25, 0.3) is 16.7 Å². The van der Waals surface area contributed by atoms with Gasteiger partial charge in [0.25, 0.3) is 5.56 Å². The lowest BCUT2D eigenvalue weighted by Gasteiger charge is -2.35. The molecule has 0 saturated carbocycles. The summed E-state index contributed by atoms with van der Waals surface area (Å²) in [7, 11) is 1.71. The van der Waals surface area contributed by atoms with Crippen molar-refractivity contribution in [2.75, 3.05) is 32.2 Å². The fourth-order valence-corrected chi connectivity index (χ4v) is 3.20. The van der Waals surface area contributed by atoms with Crippen molar-refractivity contribution in [3.63, 3.8) is 0 Å². The third kappa shape index (κ3) is 3.09. The van der Waals surface area contributed by atoms with E-state index >= 15 is 0 Å². The van der Waals surface area contributed by atoms with Gasteiger partial charge < -0.3 is 14.8 Å². The minimum atomic E-state index is -0.314. The van der Waals surface area contributed by atoms with Gasteiger partial charge in [-0.2, -0.15) is 10.1 Å². The molecule has 1 saturated heterocycles. The van der Waals surface area contributed by atoms with Gasteiger partial charge in [0.15, 0.2) is 5.65 Å². The Kier molecular flexibility index (Phi) is 4.44. The first kappa shape index (κ1) is 16.7. The van der Waals surface area contributed by atoms with Gasteiger partial charge in [-0.05, 0) is 12.1 Å². The van der Waals surface area contributed by atoms with Gasteiger partial charge in [-0.1, -0.05) is 18.2 Å². The molecule has 0 aliphatic carbocycles. The first-order valence-electron chi connectivity index (χ1n) is 8.61. The lowest BCUT2D eigenvalue weighted by Crippen LogP contribution is -2.44. The Hall–Kier alpha value is -2.71. The van der Waals surface area contributed by atoms with E-state index in [1.807, 2.05) is 30.3 Å². The predicted octanol–water partition coefficient (Wildman–Crippen LogP) is 1.72. The van der Waals surface area contributed by atoms with E-state index in [4.69, 9.17) is 9.47 Å². The van der Waals surface area contributed by atoms with Crippen LogP contribution in [0.5, 0.6) is 0 Å². The molecule has 1 aliphatic heterocycles. The van der Waals surface area contributed by atoms with E-state index in [0.717, 1.165) is 18.5 Å². The SMILES string of the molecule is COC1(CNc2nc3c(cnn3-c3ccccc3)c(=O)[nH]2)CCOCC1. The molecule has 0 radical (unpaired) electrons. The minimum Gasteiger partial charge on any atom is -0.381 e. The number of hydrogen-bond acceptors (Lipinski definition) is 6. The molecule has 0 atom stereocenters. The molecule has 0 amide bonds. The van der Waals surface area contributed by atoms with Gasteiger partial charge in [-0.15, -0.1) is 0 Å². The van der Waals surface area contributed by atoms with Gasteiger partial charge in [0.2, 0.25) is 5.95 Å². The molecule has 8 nitrogen and oxygen atoms in total. The maximum absolute atomic E-state index is 12.4. The Morgan fingerprint density at radius 3 is 2.81 bits per heavy atom. The third-order valence-corrected chi connectivity index (χ3v) is 4.85. The number of methoxy groups -OCH3 is 1. The average molecular weight is 355 g/mol. The highest BCUT2D eigenvalue weighted by atomic mass is 16.5. The molecule has 136 valence electrons. The normalized spacial score (nSPS) is 16.7. The van der Waals surface area contributed by atoms with Crippen LogP contribution in [0.1, 0.15) is 12.8 Å². The lowest BCUT2D eigenvalue weighted by atomic mass is 9.94. The highest BCUT2D eigenvalue weighted by Crippen LogP contribution is 2.24. The number of anilines is 1. The van der Waals surface area contributed by atoms with Gasteiger partial charge in [0.1, 0.15) is 5.39 Å². The van der Waals surface area contributed by atoms with Crippen molar-refractivity contribution < 1.29 is 9.47 Å². The molecule has 2 N–H and O–H groups in total. The van der Waals surface area contributed by atoms with Crippen molar-refractivity contribution in [1.82, 2.24) is 19.7 Å². The summed E-state index contributed by atoms with van der Waals surface area (Å²) in [5.41, 5.74) is 0.828. The molecule has 26 heavy (non-hydrogen) atoms. The van der Waals surface area contributed by atoms with Crippen molar-refractivity contribution in [3.8, 4) is 5.69 Å². The molecule has 8 heteroatoms. The molecule has 0 unspecified atom stereocenters. The smallest absolute Gasteiger partial charge is 0.263 e. The molecule has 3 aromatic rings. The number of benzene rings is 1. The Balaban J connectivity index is 1.65. The van der Waals surface area contributed by atoms with E-state index in [0.29, 0.717) is 36.7 Å². The number of para-hydroxylation sites is 1. The molecule has 0 spiro atoms. The van der Waals surface area contributed by atoms with Crippen LogP contribution in [-0.4, -0.2) is 52.2 Å². The monoisotopic (exact) mass is 355 g/mol. The second kappa shape index (κ2) is 6.89. The first-order valence-corrected chi connectivity index (χ1v) is 8.61. The van der Waals surface area contributed by atoms with E-state index < -0.39 is 0 Å². The fourth-order valence-electron chi connectivity index (χ4n) is 3.20. The molecule has 1 fully saturated rings. The molecule has 1 aliphatic rings. The maximum Gasteiger partial charge on any atom is 0.263 e. The molecule has 0 bridgehead atoms. The Labute approximate surface area is 150 Å². The second-order valence-electron chi connectivity index (χ2n) is 6.40. The highest BCUT2D eigenvalue weighted by molar-refractivity contribution is 5.76. The van der Waals surface area contributed by atoms with Crippen molar-refractivity contribution in [2.45, 2.75) is 18.4 Å². The zero-order chi connectivity index (χ0) is 18.0. The van der Waals surface area contributed by atoms with Crippen molar-refractivity contribution in [3.05, 3.63) is 46.9 Å². The van der Waals surface area contributed by atoms with Crippen molar-refractivity contribution in [2.24, 2.45) is 0 Å². The summed E-state index contributed by atoms with van der Waals surface area (Å²) in [5.74, 6) is 0.406. The van der Waals surface area contributed by atoms with Gasteiger partial charge >= 0.3 is 0 Å². The molecule has 2 aromatic heterocycles. The average Bonchev–Trinajstić information content (AvgIpc) is 3.12.